The number of hydrogen-bond acceptors (Lipinski definition) is 3. The third-order valence-electron chi connectivity index (χ3n) is 2.11. The largest absolute Gasteiger partial charge is 0.465 e. The van der Waals surface area contributed by atoms with Crippen LogP contribution in [0.1, 0.15) is 52.4 Å². The van der Waals surface area contributed by atoms with Gasteiger partial charge in [0.15, 0.2) is 0 Å². The van der Waals surface area contributed by atoms with Crippen LogP contribution in [-0.4, -0.2) is 18.6 Å². The van der Waals surface area contributed by atoms with E-state index >= 15 is 0 Å². The van der Waals surface area contributed by atoms with Crippen molar-refractivity contribution in [1.29, 1.82) is 0 Å². The highest BCUT2D eigenvalue weighted by atomic mass is 35.5. The Hall–Kier alpha value is -0.280. The van der Waals surface area contributed by atoms with E-state index in [0.29, 0.717) is 6.61 Å². The van der Waals surface area contributed by atoms with Gasteiger partial charge in [-0.25, -0.2) is 0 Å². The lowest BCUT2D eigenvalue weighted by Crippen LogP contribution is -2.28. The van der Waals surface area contributed by atoms with Gasteiger partial charge in [0.05, 0.1) is 6.61 Å². The van der Waals surface area contributed by atoms with Gasteiger partial charge in [-0.3, -0.25) is 4.79 Å². The molecule has 0 aliphatic rings. The van der Waals surface area contributed by atoms with Gasteiger partial charge in [0, 0.05) is 0 Å². The topological polar surface area (TPSA) is 52.3 Å². The summed E-state index contributed by atoms with van der Waals surface area (Å²) in [5.41, 5.74) is 5.34. The molecule has 15 heavy (non-hydrogen) atoms. The normalized spacial score (nSPS) is 11.7. The second-order valence-electron chi connectivity index (χ2n) is 3.72. The molecule has 0 unspecified atom stereocenters. The van der Waals surface area contributed by atoms with Crippen molar-refractivity contribution in [1.82, 2.24) is 0 Å². The molecular formula is C11H24ClNO2. The molecule has 0 saturated carbocycles. The predicted octanol–water partition coefficient (Wildman–Crippen LogP) is 2.66. The van der Waals surface area contributed by atoms with Crippen LogP contribution in [0.5, 0.6) is 0 Å². The summed E-state index contributed by atoms with van der Waals surface area (Å²) in [7, 11) is 0. The summed E-state index contributed by atoms with van der Waals surface area (Å²) >= 11 is 0. The lowest BCUT2D eigenvalue weighted by atomic mass is 10.1. The van der Waals surface area contributed by atoms with Crippen LogP contribution in [0.25, 0.3) is 0 Å². The van der Waals surface area contributed by atoms with Crippen molar-refractivity contribution < 1.29 is 9.53 Å². The highest BCUT2D eigenvalue weighted by Gasteiger charge is 2.07. The smallest absolute Gasteiger partial charge is 0.322 e. The van der Waals surface area contributed by atoms with Gasteiger partial charge in [0.2, 0.25) is 0 Å². The fraction of sp³-hybridized carbons (Fsp3) is 0.909. The first-order chi connectivity index (χ1) is 6.68. The van der Waals surface area contributed by atoms with Gasteiger partial charge >= 0.3 is 5.97 Å². The van der Waals surface area contributed by atoms with Crippen LogP contribution in [0.4, 0.5) is 0 Å². The number of nitrogens with two attached hydrogens (primary N) is 1. The van der Waals surface area contributed by atoms with E-state index in [-0.39, 0.29) is 18.4 Å². The SMILES string of the molecule is CCCCCCCCOC(=O)[C@H](C)N.Cl. The van der Waals surface area contributed by atoms with Gasteiger partial charge in [0.1, 0.15) is 6.04 Å². The Morgan fingerprint density at radius 2 is 1.73 bits per heavy atom. The third-order valence-corrected chi connectivity index (χ3v) is 2.11. The lowest BCUT2D eigenvalue weighted by molar-refractivity contribution is -0.144. The first-order valence-electron chi connectivity index (χ1n) is 5.60. The van der Waals surface area contributed by atoms with E-state index in [4.69, 9.17) is 10.5 Å². The van der Waals surface area contributed by atoms with E-state index in [2.05, 4.69) is 6.92 Å². The number of carbonyl (C=O) groups is 1. The molecule has 0 aliphatic carbocycles. The van der Waals surface area contributed by atoms with E-state index in [1.807, 2.05) is 0 Å². The quantitative estimate of drug-likeness (QED) is 0.522. The van der Waals surface area contributed by atoms with Crippen molar-refractivity contribution in [2.24, 2.45) is 5.73 Å². The molecule has 4 heteroatoms. The van der Waals surface area contributed by atoms with Crippen molar-refractivity contribution in [2.45, 2.75) is 58.4 Å². The van der Waals surface area contributed by atoms with Crippen molar-refractivity contribution in [3.8, 4) is 0 Å². The summed E-state index contributed by atoms with van der Waals surface area (Å²) in [6.07, 6.45) is 7.20. The van der Waals surface area contributed by atoms with Crippen LogP contribution >= 0.6 is 12.4 Å². The van der Waals surface area contributed by atoms with Crippen LogP contribution < -0.4 is 5.73 Å². The molecule has 0 heterocycles. The van der Waals surface area contributed by atoms with Crippen LogP contribution in [0, 0.1) is 0 Å². The van der Waals surface area contributed by atoms with Gasteiger partial charge in [-0.15, -0.1) is 12.4 Å². The second-order valence-corrected chi connectivity index (χ2v) is 3.72. The fourth-order valence-electron chi connectivity index (χ4n) is 1.19. The summed E-state index contributed by atoms with van der Waals surface area (Å²) in [6, 6.07) is -0.491. The summed E-state index contributed by atoms with van der Waals surface area (Å²) in [5, 5.41) is 0. The van der Waals surface area contributed by atoms with Gasteiger partial charge in [-0.2, -0.15) is 0 Å². The molecule has 0 aromatic heterocycles. The number of ether oxygens (including phenoxy) is 1. The number of halogens is 1. The van der Waals surface area contributed by atoms with Gasteiger partial charge in [0.25, 0.3) is 0 Å². The van der Waals surface area contributed by atoms with E-state index in [1.54, 1.807) is 6.92 Å². The van der Waals surface area contributed by atoms with Crippen LogP contribution in [0.2, 0.25) is 0 Å². The molecule has 2 N–H and O–H groups in total. The Balaban J connectivity index is 0. The van der Waals surface area contributed by atoms with E-state index in [0.717, 1.165) is 12.8 Å². The number of esters is 1. The van der Waals surface area contributed by atoms with Crippen LogP contribution in [0.3, 0.4) is 0 Å². The highest BCUT2D eigenvalue weighted by molar-refractivity contribution is 5.85. The van der Waals surface area contributed by atoms with Crippen molar-refractivity contribution >= 4 is 18.4 Å². The molecule has 1 atom stereocenters. The molecule has 0 aliphatic heterocycles. The zero-order valence-electron chi connectivity index (χ0n) is 9.83. The number of rotatable bonds is 8. The molecule has 0 bridgehead atoms. The first kappa shape index (κ1) is 17.1. The van der Waals surface area contributed by atoms with Gasteiger partial charge < -0.3 is 10.5 Å². The van der Waals surface area contributed by atoms with Gasteiger partial charge in [-0.1, -0.05) is 39.0 Å². The van der Waals surface area contributed by atoms with Crippen LogP contribution in [0.15, 0.2) is 0 Å². The Bertz CT molecular complexity index is 152. The lowest BCUT2D eigenvalue weighted by Gasteiger charge is -2.06. The maximum Gasteiger partial charge on any atom is 0.322 e. The van der Waals surface area contributed by atoms with Crippen LogP contribution in [-0.2, 0) is 9.53 Å². The molecule has 0 rings (SSSR count). The zero-order chi connectivity index (χ0) is 10.8. The molecule has 0 aromatic rings. The summed E-state index contributed by atoms with van der Waals surface area (Å²) in [4.78, 5) is 10.9. The maximum atomic E-state index is 10.9. The Labute approximate surface area is 99.2 Å². The monoisotopic (exact) mass is 237 g/mol. The molecule has 0 spiro atoms. The molecule has 0 fully saturated rings. The molecule has 3 nitrogen and oxygen atoms in total. The number of hydrogen-bond donors (Lipinski definition) is 1. The summed E-state index contributed by atoms with van der Waals surface area (Å²) in [6.45, 7) is 4.36. The molecule has 0 amide bonds. The van der Waals surface area contributed by atoms with Crippen molar-refractivity contribution in [3.05, 3.63) is 0 Å². The Morgan fingerprint density at radius 1 is 1.20 bits per heavy atom. The maximum absolute atomic E-state index is 10.9. The van der Waals surface area contributed by atoms with Crippen molar-refractivity contribution in [3.63, 3.8) is 0 Å². The summed E-state index contributed by atoms with van der Waals surface area (Å²) < 4.78 is 4.95. The zero-order valence-corrected chi connectivity index (χ0v) is 10.6. The molecule has 0 saturated heterocycles. The molecule has 0 aromatic carbocycles. The minimum Gasteiger partial charge on any atom is -0.465 e. The first-order valence-corrected chi connectivity index (χ1v) is 5.60. The second kappa shape index (κ2) is 11.8. The minimum absolute atomic E-state index is 0. The average Bonchev–Trinajstić information content (AvgIpc) is 2.16. The van der Waals surface area contributed by atoms with E-state index in [9.17, 15) is 4.79 Å². The van der Waals surface area contributed by atoms with Gasteiger partial charge in [-0.05, 0) is 13.3 Å². The standard InChI is InChI=1S/C11H23NO2.ClH/c1-3-4-5-6-7-8-9-14-11(13)10(2)12;/h10H,3-9,12H2,1-2H3;1H/t10-;/m0./s1. The highest BCUT2D eigenvalue weighted by Crippen LogP contribution is 2.04. The fourth-order valence-corrected chi connectivity index (χ4v) is 1.19. The summed E-state index contributed by atoms with van der Waals surface area (Å²) in [5.74, 6) is -0.293. The number of carbonyl (C=O) groups excluding carboxylic acids is 1. The van der Waals surface area contributed by atoms with Crippen molar-refractivity contribution in [2.75, 3.05) is 6.61 Å². The molecular weight excluding hydrogens is 214 g/mol. The Kier molecular flexibility index (Phi) is 13.5. The number of unbranched alkanes of at least 4 members (excludes halogenated alkanes) is 5. The molecule has 0 radical (unpaired) electrons. The molecule has 92 valence electrons. The third kappa shape index (κ3) is 11.6. The average molecular weight is 238 g/mol. The van der Waals surface area contributed by atoms with E-state index < -0.39 is 6.04 Å². The minimum atomic E-state index is -0.491. The Morgan fingerprint density at radius 3 is 2.27 bits per heavy atom. The predicted molar refractivity (Wildman–Crippen MR) is 65.2 cm³/mol. The van der Waals surface area contributed by atoms with E-state index in [1.165, 1.54) is 25.7 Å².